The van der Waals surface area contributed by atoms with Crippen LogP contribution in [0.3, 0.4) is 0 Å². The number of ether oxygens (including phenoxy) is 1. The van der Waals surface area contributed by atoms with Gasteiger partial charge < -0.3 is 4.74 Å². The summed E-state index contributed by atoms with van der Waals surface area (Å²) in [5.41, 5.74) is 2.38. The second-order valence-electron chi connectivity index (χ2n) is 3.21. The molecule has 1 aromatic rings. The van der Waals surface area contributed by atoms with Crippen LogP contribution in [-0.4, -0.2) is 12.5 Å². The summed E-state index contributed by atoms with van der Waals surface area (Å²) >= 11 is 5.50. The van der Waals surface area contributed by atoms with Crippen LogP contribution in [-0.2, 0) is 0 Å². The number of allylic oxidation sites excluding steroid dienone is 1. The lowest BCUT2D eigenvalue weighted by molar-refractivity contribution is 0.360. The summed E-state index contributed by atoms with van der Waals surface area (Å²) < 4.78 is 5.57. The minimum atomic E-state index is 0.538. The molecule has 1 rings (SSSR count). The Bertz CT molecular complexity index is 318. The Kier molecular flexibility index (Phi) is 4.54. The van der Waals surface area contributed by atoms with Crippen molar-refractivity contribution in [2.75, 3.05) is 12.5 Å². The van der Waals surface area contributed by atoms with E-state index in [2.05, 4.69) is 19.1 Å². The molecular formula is C12H15ClO. The molecule has 0 aliphatic heterocycles. The topological polar surface area (TPSA) is 9.23 Å². The van der Waals surface area contributed by atoms with Crippen LogP contribution in [0.2, 0.25) is 0 Å². The lowest BCUT2D eigenvalue weighted by Crippen LogP contribution is -1.95. The van der Waals surface area contributed by atoms with Gasteiger partial charge in [-0.25, -0.2) is 0 Å². The van der Waals surface area contributed by atoms with Crippen LogP contribution in [0.4, 0.5) is 0 Å². The van der Waals surface area contributed by atoms with Crippen LogP contribution in [0.5, 0.6) is 5.75 Å². The lowest BCUT2D eigenvalue weighted by Gasteiger charge is -2.07. The van der Waals surface area contributed by atoms with Gasteiger partial charge in [-0.05, 0) is 31.0 Å². The molecule has 0 saturated heterocycles. The molecule has 0 aliphatic rings. The van der Waals surface area contributed by atoms with Crippen LogP contribution in [0.1, 0.15) is 11.1 Å². The van der Waals surface area contributed by atoms with Crippen molar-refractivity contribution < 1.29 is 4.74 Å². The Morgan fingerprint density at radius 3 is 2.79 bits per heavy atom. The normalized spacial score (nSPS) is 10.8. The van der Waals surface area contributed by atoms with Crippen molar-refractivity contribution in [2.45, 2.75) is 13.8 Å². The summed E-state index contributed by atoms with van der Waals surface area (Å²) in [7, 11) is 0. The van der Waals surface area contributed by atoms with Gasteiger partial charge in [-0.15, -0.1) is 11.6 Å². The SMILES string of the molecule is Cc1ccc(C)c(OCC=CCCl)c1. The zero-order chi connectivity index (χ0) is 10.4. The highest BCUT2D eigenvalue weighted by Gasteiger charge is 1.97. The number of rotatable bonds is 4. The molecule has 0 aliphatic carbocycles. The van der Waals surface area contributed by atoms with Crippen LogP contribution < -0.4 is 4.74 Å². The van der Waals surface area contributed by atoms with Crippen molar-refractivity contribution in [3.63, 3.8) is 0 Å². The second kappa shape index (κ2) is 5.71. The van der Waals surface area contributed by atoms with Gasteiger partial charge in [-0.1, -0.05) is 24.3 Å². The molecule has 14 heavy (non-hydrogen) atoms. The first kappa shape index (κ1) is 11.1. The van der Waals surface area contributed by atoms with Gasteiger partial charge in [0.05, 0.1) is 0 Å². The average Bonchev–Trinajstić information content (AvgIpc) is 2.18. The van der Waals surface area contributed by atoms with E-state index in [9.17, 15) is 0 Å². The molecule has 0 saturated carbocycles. The van der Waals surface area contributed by atoms with Crippen molar-refractivity contribution in [1.29, 1.82) is 0 Å². The van der Waals surface area contributed by atoms with Crippen LogP contribution >= 0.6 is 11.6 Å². The molecule has 0 radical (unpaired) electrons. The van der Waals surface area contributed by atoms with E-state index in [4.69, 9.17) is 16.3 Å². The van der Waals surface area contributed by atoms with E-state index in [-0.39, 0.29) is 0 Å². The van der Waals surface area contributed by atoms with Gasteiger partial charge in [0.1, 0.15) is 12.4 Å². The van der Waals surface area contributed by atoms with Crippen LogP contribution in [0.15, 0.2) is 30.4 Å². The fourth-order valence-corrected chi connectivity index (χ4v) is 1.26. The summed E-state index contributed by atoms with van der Waals surface area (Å²) in [5.74, 6) is 1.49. The largest absolute Gasteiger partial charge is 0.489 e. The Morgan fingerprint density at radius 1 is 1.29 bits per heavy atom. The van der Waals surface area contributed by atoms with E-state index in [1.807, 2.05) is 25.1 Å². The van der Waals surface area contributed by atoms with Crippen molar-refractivity contribution >= 4 is 11.6 Å². The third kappa shape index (κ3) is 3.43. The fraction of sp³-hybridized carbons (Fsp3) is 0.333. The summed E-state index contributed by atoms with van der Waals surface area (Å²) in [4.78, 5) is 0. The van der Waals surface area contributed by atoms with E-state index >= 15 is 0 Å². The Hall–Kier alpha value is -0.950. The van der Waals surface area contributed by atoms with Crippen molar-refractivity contribution in [3.05, 3.63) is 41.5 Å². The highest BCUT2D eigenvalue weighted by Crippen LogP contribution is 2.18. The smallest absolute Gasteiger partial charge is 0.122 e. The van der Waals surface area contributed by atoms with Gasteiger partial charge in [-0.2, -0.15) is 0 Å². The summed E-state index contributed by atoms with van der Waals surface area (Å²) in [6.07, 6.45) is 3.81. The standard InChI is InChI=1S/C12H15ClO/c1-10-5-6-11(2)12(9-10)14-8-4-3-7-13/h3-6,9H,7-8H2,1-2H3. The van der Waals surface area contributed by atoms with Gasteiger partial charge >= 0.3 is 0 Å². The minimum Gasteiger partial charge on any atom is -0.489 e. The maximum Gasteiger partial charge on any atom is 0.122 e. The number of benzene rings is 1. The van der Waals surface area contributed by atoms with E-state index in [1.54, 1.807) is 0 Å². The molecule has 0 amide bonds. The van der Waals surface area contributed by atoms with Gasteiger partial charge in [0.2, 0.25) is 0 Å². The fourth-order valence-electron chi connectivity index (χ4n) is 1.13. The molecule has 0 fully saturated rings. The predicted molar refractivity (Wildman–Crippen MR) is 61.3 cm³/mol. The molecule has 0 heterocycles. The molecule has 0 aromatic heterocycles. The van der Waals surface area contributed by atoms with Crippen LogP contribution in [0.25, 0.3) is 0 Å². The number of halogens is 1. The molecule has 0 unspecified atom stereocenters. The van der Waals surface area contributed by atoms with E-state index in [0.717, 1.165) is 11.3 Å². The van der Waals surface area contributed by atoms with Crippen molar-refractivity contribution in [2.24, 2.45) is 0 Å². The molecule has 0 spiro atoms. The molecule has 0 bridgehead atoms. The van der Waals surface area contributed by atoms with Gasteiger partial charge in [0.15, 0.2) is 0 Å². The summed E-state index contributed by atoms with van der Waals surface area (Å²) in [6, 6.07) is 6.19. The van der Waals surface area contributed by atoms with E-state index in [0.29, 0.717) is 12.5 Å². The third-order valence-electron chi connectivity index (χ3n) is 1.93. The molecule has 1 aromatic carbocycles. The maximum atomic E-state index is 5.57. The molecular weight excluding hydrogens is 196 g/mol. The number of hydrogen-bond donors (Lipinski definition) is 0. The maximum absolute atomic E-state index is 5.57. The highest BCUT2D eigenvalue weighted by molar-refractivity contribution is 6.18. The van der Waals surface area contributed by atoms with E-state index in [1.165, 1.54) is 5.56 Å². The van der Waals surface area contributed by atoms with Crippen LogP contribution in [0, 0.1) is 13.8 Å². The van der Waals surface area contributed by atoms with Crippen molar-refractivity contribution in [1.82, 2.24) is 0 Å². The average molecular weight is 211 g/mol. The second-order valence-corrected chi connectivity index (χ2v) is 3.51. The quantitative estimate of drug-likeness (QED) is 0.546. The Labute approximate surface area is 90.3 Å². The Balaban J connectivity index is 2.57. The number of alkyl halides is 1. The molecule has 76 valence electrons. The zero-order valence-electron chi connectivity index (χ0n) is 8.59. The number of aryl methyl sites for hydroxylation is 2. The molecule has 1 nitrogen and oxygen atoms in total. The Morgan fingerprint density at radius 2 is 2.07 bits per heavy atom. The summed E-state index contributed by atoms with van der Waals surface area (Å²) in [5, 5.41) is 0. The first-order chi connectivity index (χ1) is 6.74. The molecule has 0 atom stereocenters. The van der Waals surface area contributed by atoms with Gasteiger partial charge in [-0.3, -0.25) is 0 Å². The predicted octanol–water partition coefficient (Wildman–Crippen LogP) is 3.48. The molecule has 0 N–H and O–H groups in total. The van der Waals surface area contributed by atoms with E-state index < -0.39 is 0 Å². The third-order valence-corrected chi connectivity index (χ3v) is 2.11. The molecule has 2 heteroatoms. The lowest BCUT2D eigenvalue weighted by atomic mass is 10.1. The first-order valence-electron chi connectivity index (χ1n) is 4.65. The summed E-state index contributed by atoms with van der Waals surface area (Å²) in [6.45, 7) is 4.68. The minimum absolute atomic E-state index is 0.538. The monoisotopic (exact) mass is 210 g/mol. The zero-order valence-corrected chi connectivity index (χ0v) is 9.34. The number of hydrogen-bond acceptors (Lipinski definition) is 1. The van der Waals surface area contributed by atoms with Crippen molar-refractivity contribution in [3.8, 4) is 5.75 Å². The van der Waals surface area contributed by atoms with Gasteiger partial charge in [0, 0.05) is 5.88 Å². The highest BCUT2D eigenvalue weighted by atomic mass is 35.5. The first-order valence-corrected chi connectivity index (χ1v) is 5.18. The van der Waals surface area contributed by atoms with Gasteiger partial charge in [0.25, 0.3) is 0 Å².